The number of imidazole rings is 2. The fourth-order valence-electron chi connectivity index (χ4n) is 8.25. The van der Waals surface area contributed by atoms with Crippen molar-refractivity contribution in [3.05, 3.63) is 59.2 Å². The highest BCUT2D eigenvalue weighted by Gasteiger charge is 2.30. The molecular weight excluding hydrogens is 572 g/mol. The molecule has 2 N–H and O–H groups in total. The molecule has 2 aromatic heterocycles. The number of fused-ring (bicyclic) bond motifs is 2. The lowest BCUT2D eigenvalue weighted by atomic mass is 9.96. The van der Waals surface area contributed by atoms with Gasteiger partial charge < -0.3 is 19.4 Å². The molecule has 0 amide bonds. The minimum absolute atomic E-state index is 0.385. The maximum absolute atomic E-state index is 5.56. The van der Waals surface area contributed by atoms with Crippen LogP contribution in [0.25, 0.3) is 22.1 Å². The molecule has 0 aliphatic carbocycles. The number of hydrogen-bond acceptors (Lipinski definition) is 6. The molecule has 0 saturated carbocycles. The number of aromatic amines is 2. The van der Waals surface area contributed by atoms with Gasteiger partial charge in [0.1, 0.15) is 11.6 Å². The molecule has 46 heavy (non-hydrogen) atoms. The molecule has 8 heteroatoms. The van der Waals surface area contributed by atoms with Gasteiger partial charge in [0.15, 0.2) is 0 Å². The van der Waals surface area contributed by atoms with Crippen LogP contribution in [0.5, 0.6) is 0 Å². The van der Waals surface area contributed by atoms with Gasteiger partial charge in [-0.3, -0.25) is 9.80 Å². The zero-order valence-corrected chi connectivity index (χ0v) is 27.1. The second-order valence-corrected chi connectivity index (χ2v) is 14.0. The molecule has 0 spiro atoms. The second kappa shape index (κ2) is 13.9. The maximum Gasteiger partial charge on any atom is 0.124 e. The molecule has 4 aliphatic heterocycles. The first kappa shape index (κ1) is 30.1. The number of aromatic nitrogens is 4. The zero-order valence-electron chi connectivity index (χ0n) is 27.1. The van der Waals surface area contributed by atoms with Crippen molar-refractivity contribution >= 4 is 22.1 Å². The van der Waals surface area contributed by atoms with E-state index in [1.807, 2.05) is 0 Å². The Kier molecular flexibility index (Phi) is 9.09. The summed E-state index contributed by atoms with van der Waals surface area (Å²) < 4.78 is 11.1. The number of nitrogens with zero attached hydrogens (tertiary/aromatic N) is 4. The van der Waals surface area contributed by atoms with E-state index in [9.17, 15) is 0 Å². The fourth-order valence-corrected chi connectivity index (χ4v) is 8.25. The third-order valence-electron chi connectivity index (χ3n) is 11.0. The van der Waals surface area contributed by atoms with Gasteiger partial charge in [-0.1, -0.05) is 11.8 Å². The van der Waals surface area contributed by atoms with Crippen molar-refractivity contribution in [3.8, 4) is 11.8 Å². The van der Waals surface area contributed by atoms with E-state index in [2.05, 4.69) is 68.0 Å². The van der Waals surface area contributed by atoms with Gasteiger partial charge in [-0.05, 0) is 139 Å². The van der Waals surface area contributed by atoms with Crippen molar-refractivity contribution in [1.29, 1.82) is 0 Å². The lowest BCUT2D eigenvalue weighted by molar-refractivity contribution is 0.0592. The first-order valence-electron chi connectivity index (χ1n) is 17.9. The number of H-pyrrole nitrogens is 2. The first-order chi connectivity index (χ1) is 22.7. The van der Waals surface area contributed by atoms with Crippen LogP contribution in [-0.4, -0.2) is 82.3 Å². The zero-order chi connectivity index (χ0) is 30.7. The van der Waals surface area contributed by atoms with Crippen LogP contribution in [-0.2, 0) is 9.47 Å². The van der Waals surface area contributed by atoms with Gasteiger partial charge in [0, 0.05) is 37.6 Å². The Balaban J connectivity index is 0.927. The van der Waals surface area contributed by atoms with Gasteiger partial charge in [-0.25, -0.2) is 9.97 Å². The SMILES string of the molecule is C(#Cc1ccc2nc([C@@H]3CCCN3CCC3CCOCC3)[nH]c2c1)c1ccc2nc([C@@H]3CCCN3CCC3CCOCC3)[nH]c2c1. The highest BCUT2D eigenvalue weighted by molar-refractivity contribution is 5.78. The molecule has 4 aromatic rings. The minimum atomic E-state index is 0.385. The molecule has 4 saturated heterocycles. The van der Waals surface area contributed by atoms with Crippen molar-refractivity contribution in [3.63, 3.8) is 0 Å². The standard InChI is InChI=1S/C38H48N6O2/c1-3-35(43(17-1)19-11-27-13-21-45-22-14-27)37-39-31-9-7-29(25-33(31)41-37)5-6-30-8-10-32-34(26-30)42-38(40-32)36-4-2-18-44(36)20-12-28-15-23-46-24-16-28/h7-10,25-28,35-36H,1-4,11-24H2,(H,39,41)(H,40,42)/t35-,36-/m0/s1. The summed E-state index contributed by atoms with van der Waals surface area (Å²) in [6.07, 6.45) is 12.2. The summed E-state index contributed by atoms with van der Waals surface area (Å²) in [5.74, 6) is 10.6. The van der Waals surface area contributed by atoms with Crippen LogP contribution in [0.1, 0.15) is 99.1 Å². The first-order valence-corrected chi connectivity index (χ1v) is 17.9. The van der Waals surface area contributed by atoms with Gasteiger partial charge >= 0.3 is 0 Å². The molecule has 0 unspecified atom stereocenters. The van der Waals surface area contributed by atoms with Gasteiger partial charge in [0.05, 0.1) is 34.2 Å². The van der Waals surface area contributed by atoms with Crippen molar-refractivity contribution in [2.45, 2.75) is 76.3 Å². The van der Waals surface area contributed by atoms with Crippen LogP contribution in [0, 0.1) is 23.7 Å². The quantitative estimate of drug-likeness (QED) is 0.212. The summed E-state index contributed by atoms with van der Waals surface area (Å²) >= 11 is 0. The molecule has 4 fully saturated rings. The average molecular weight is 621 g/mol. The molecule has 8 rings (SSSR count). The molecule has 8 nitrogen and oxygen atoms in total. The number of nitrogens with one attached hydrogen (secondary N) is 2. The van der Waals surface area contributed by atoms with Crippen LogP contribution in [0.2, 0.25) is 0 Å². The molecule has 0 bridgehead atoms. The molecule has 2 atom stereocenters. The summed E-state index contributed by atoms with van der Waals surface area (Å²) in [4.78, 5) is 22.7. The van der Waals surface area contributed by atoms with Crippen LogP contribution in [0.4, 0.5) is 0 Å². The van der Waals surface area contributed by atoms with E-state index in [1.165, 1.54) is 77.3 Å². The van der Waals surface area contributed by atoms with Crippen LogP contribution < -0.4 is 0 Å². The summed E-state index contributed by atoms with van der Waals surface area (Å²) in [5, 5.41) is 0. The Morgan fingerprint density at radius 1 is 0.630 bits per heavy atom. The van der Waals surface area contributed by atoms with E-state index in [4.69, 9.17) is 19.4 Å². The summed E-state index contributed by atoms with van der Waals surface area (Å²) in [6.45, 7) is 8.36. The molecular formula is C38H48N6O2. The molecule has 242 valence electrons. The third-order valence-corrected chi connectivity index (χ3v) is 11.0. The fraction of sp³-hybridized carbons (Fsp3) is 0.579. The van der Waals surface area contributed by atoms with Gasteiger partial charge in [0.2, 0.25) is 0 Å². The maximum atomic E-state index is 5.56. The normalized spacial score (nSPS) is 23.8. The predicted molar refractivity (Wildman–Crippen MR) is 182 cm³/mol. The Morgan fingerprint density at radius 2 is 1.09 bits per heavy atom. The van der Waals surface area contributed by atoms with Gasteiger partial charge in [0.25, 0.3) is 0 Å². The highest BCUT2D eigenvalue weighted by Crippen LogP contribution is 2.34. The number of likely N-dealkylation sites (tertiary alicyclic amines) is 2. The predicted octanol–water partition coefficient (Wildman–Crippen LogP) is 6.75. The van der Waals surface area contributed by atoms with Crippen molar-refractivity contribution in [1.82, 2.24) is 29.7 Å². The Bertz CT molecular complexity index is 1570. The Labute approximate surface area is 272 Å². The molecule has 6 heterocycles. The Hall–Kier alpha value is -3.22. The molecule has 0 radical (unpaired) electrons. The van der Waals surface area contributed by atoms with Crippen molar-refractivity contribution in [2.75, 3.05) is 52.6 Å². The van der Waals surface area contributed by atoms with E-state index < -0.39 is 0 Å². The highest BCUT2D eigenvalue weighted by atomic mass is 16.5. The van der Waals surface area contributed by atoms with Gasteiger partial charge in [-0.15, -0.1) is 0 Å². The van der Waals surface area contributed by atoms with Crippen molar-refractivity contribution < 1.29 is 9.47 Å². The van der Waals surface area contributed by atoms with E-state index in [0.29, 0.717) is 12.1 Å². The van der Waals surface area contributed by atoms with Crippen LogP contribution >= 0.6 is 0 Å². The Morgan fingerprint density at radius 3 is 1.54 bits per heavy atom. The van der Waals surface area contributed by atoms with Crippen LogP contribution in [0.15, 0.2) is 36.4 Å². The number of benzene rings is 2. The van der Waals surface area contributed by atoms with E-state index in [1.54, 1.807) is 0 Å². The largest absolute Gasteiger partial charge is 0.381 e. The number of hydrogen-bond donors (Lipinski definition) is 2. The average Bonchev–Trinajstić information content (AvgIpc) is 3.91. The minimum Gasteiger partial charge on any atom is -0.381 e. The topological polar surface area (TPSA) is 82.3 Å². The van der Waals surface area contributed by atoms with E-state index >= 15 is 0 Å². The summed E-state index contributed by atoms with van der Waals surface area (Å²) in [5.41, 5.74) is 6.20. The number of rotatable bonds is 8. The second-order valence-electron chi connectivity index (χ2n) is 14.0. The summed E-state index contributed by atoms with van der Waals surface area (Å²) in [7, 11) is 0. The third kappa shape index (κ3) is 6.75. The van der Waals surface area contributed by atoms with E-state index in [-0.39, 0.29) is 0 Å². The molecule has 2 aromatic carbocycles. The van der Waals surface area contributed by atoms with Crippen LogP contribution in [0.3, 0.4) is 0 Å². The van der Waals surface area contributed by atoms with Gasteiger partial charge in [-0.2, -0.15) is 0 Å². The lowest BCUT2D eigenvalue weighted by Gasteiger charge is -2.27. The van der Waals surface area contributed by atoms with E-state index in [0.717, 1.165) is 96.2 Å². The summed E-state index contributed by atoms with van der Waals surface area (Å²) in [6, 6.07) is 13.5. The molecule has 4 aliphatic rings. The lowest BCUT2D eigenvalue weighted by Crippen LogP contribution is -2.28. The monoisotopic (exact) mass is 620 g/mol. The van der Waals surface area contributed by atoms with Crippen molar-refractivity contribution in [2.24, 2.45) is 11.8 Å². The smallest absolute Gasteiger partial charge is 0.124 e. The number of ether oxygens (including phenoxy) is 2.